The van der Waals surface area contributed by atoms with E-state index < -0.39 is 0 Å². The van der Waals surface area contributed by atoms with Gasteiger partial charge in [0.25, 0.3) is 5.91 Å². The molecule has 1 aliphatic rings. The molecule has 1 heterocycles. The van der Waals surface area contributed by atoms with E-state index in [1.54, 1.807) is 26.4 Å². The number of aryl methyl sites for hydroxylation is 1. The lowest BCUT2D eigenvalue weighted by Gasteiger charge is -2.37. The quantitative estimate of drug-likeness (QED) is 0.351. The fraction of sp³-hybridized carbons (Fsp3) is 0.310. The van der Waals surface area contributed by atoms with Crippen molar-refractivity contribution in [3.05, 3.63) is 88.5 Å². The van der Waals surface area contributed by atoms with Crippen LogP contribution in [0.25, 0.3) is 0 Å². The molecule has 3 aromatic carbocycles. The molecular formula is C29H31NO5. The second-order valence-electron chi connectivity index (χ2n) is 8.85. The van der Waals surface area contributed by atoms with E-state index in [2.05, 4.69) is 12.1 Å². The molecule has 35 heavy (non-hydrogen) atoms. The zero-order valence-corrected chi connectivity index (χ0v) is 20.7. The Morgan fingerprint density at radius 2 is 1.63 bits per heavy atom. The summed E-state index contributed by atoms with van der Waals surface area (Å²) in [6, 6.07) is 19.6. The van der Waals surface area contributed by atoms with Crippen LogP contribution in [0.1, 0.15) is 46.0 Å². The van der Waals surface area contributed by atoms with Gasteiger partial charge >= 0.3 is 5.97 Å². The Morgan fingerprint density at radius 1 is 0.943 bits per heavy atom. The van der Waals surface area contributed by atoms with Crippen LogP contribution in [-0.2, 0) is 24.2 Å². The van der Waals surface area contributed by atoms with Crippen LogP contribution < -0.4 is 14.2 Å². The van der Waals surface area contributed by atoms with Crippen LogP contribution in [0.3, 0.4) is 0 Å². The lowest BCUT2D eigenvalue weighted by Crippen LogP contribution is -2.44. The summed E-state index contributed by atoms with van der Waals surface area (Å²) in [7, 11) is 3.18. The Kier molecular flexibility index (Phi) is 7.39. The smallest absolute Gasteiger partial charge is 0.308 e. The molecule has 0 N–H and O–H groups in total. The second kappa shape index (κ2) is 10.6. The van der Waals surface area contributed by atoms with Crippen molar-refractivity contribution in [1.29, 1.82) is 0 Å². The first-order valence-electron chi connectivity index (χ1n) is 11.8. The summed E-state index contributed by atoms with van der Waals surface area (Å²) in [4.78, 5) is 27.2. The number of methoxy groups -OCH3 is 2. The highest BCUT2D eigenvalue weighted by Gasteiger charge is 2.31. The van der Waals surface area contributed by atoms with E-state index >= 15 is 0 Å². The monoisotopic (exact) mass is 473 g/mol. The minimum Gasteiger partial charge on any atom is -0.496 e. The van der Waals surface area contributed by atoms with E-state index in [0.29, 0.717) is 29.4 Å². The summed E-state index contributed by atoms with van der Waals surface area (Å²) in [5, 5.41) is 0. The maximum atomic E-state index is 13.9. The van der Waals surface area contributed by atoms with Crippen LogP contribution in [0.2, 0.25) is 0 Å². The Bertz CT molecular complexity index is 1200. The third kappa shape index (κ3) is 5.48. The van der Waals surface area contributed by atoms with E-state index in [0.717, 1.165) is 30.4 Å². The van der Waals surface area contributed by atoms with E-state index in [4.69, 9.17) is 14.2 Å². The molecular weight excluding hydrogens is 442 g/mol. The molecule has 4 rings (SSSR count). The van der Waals surface area contributed by atoms with E-state index in [-0.39, 0.29) is 17.9 Å². The lowest BCUT2D eigenvalue weighted by atomic mass is 9.89. The lowest BCUT2D eigenvalue weighted by molar-refractivity contribution is -0.131. The van der Waals surface area contributed by atoms with Crippen molar-refractivity contribution >= 4 is 11.9 Å². The molecule has 1 amide bonds. The molecule has 0 spiro atoms. The fourth-order valence-electron chi connectivity index (χ4n) is 4.70. The summed E-state index contributed by atoms with van der Waals surface area (Å²) in [5.41, 5.74) is 4.77. The van der Waals surface area contributed by atoms with Crippen molar-refractivity contribution < 1.29 is 23.8 Å². The standard InChI is InChI=1S/C29H31NO5/c1-19-27(33-3)16-23(17-28(19)34-4)29(32)30-18-24-15-26(35-20(2)31)13-11-22(24)14-25(30)12-10-21-8-6-5-7-9-21/h5-9,11,13,15-17,25H,10,12,14,18H2,1-4H3. The van der Waals surface area contributed by atoms with Crippen LogP contribution in [-0.4, -0.2) is 37.0 Å². The molecule has 0 saturated carbocycles. The molecule has 182 valence electrons. The summed E-state index contributed by atoms with van der Waals surface area (Å²) in [5.74, 6) is 1.27. The molecule has 0 fully saturated rings. The maximum Gasteiger partial charge on any atom is 0.308 e. The predicted molar refractivity (Wildman–Crippen MR) is 134 cm³/mol. The number of esters is 1. The highest BCUT2D eigenvalue weighted by molar-refractivity contribution is 5.95. The van der Waals surface area contributed by atoms with Gasteiger partial charge in [0, 0.05) is 30.6 Å². The first kappa shape index (κ1) is 24.3. The van der Waals surface area contributed by atoms with Gasteiger partial charge in [0.05, 0.1) is 14.2 Å². The van der Waals surface area contributed by atoms with E-state index in [9.17, 15) is 9.59 Å². The predicted octanol–water partition coefficient (Wildman–Crippen LogP) is 5.14. The van der Waals surface area contributed by atoms with Crippen molar-refractivity contribution in [2.45, 2.75) is 45.7 Å². The van der Waals surface area contributed by atoms with Crippen LogP contribution in [0.5, 0.6) is 17.2 Å². The Labute approximate surface area is 206 Å². The van der Waals surface area contributed by atoms with Gasteiger partial charge in [0.2, 0.25) is 0 Å². The third-order valence-electron chi connectivity index (χ3n) is 6.55. The number of fused-ring (bicyclic) bond motifs is 1. The summed E-state index contributed by atoms with van der Waals surface area (Å²) in [6.45, 7) is 3.72. The van der Waals surface area contributed by atoms with Crippen LogP contribution in [0.4, 0.5) is 0 Å². The van der Waals surface area contributed by atoms with Crippen LogP contribution in [0, 0.1) is 6.92 Å². The molecule has 1 aliphatic heterocycles. The summed E-state index contributed by atoms with van der Waals surface area (Å²) in [6.07, 6.45) is 2.44. The van der Waals surface area contributed by atoms with Crippen LogP contribution >= 0.6 is 0 Å². The third-order valence-corrected chi connectivity index (χ3v) is 6.55. The molecule has 0 aromatic heterocycles. The van der Waals surface area contributed by atoms with Gasteiger partial charge in [-0.1, -0.05) is 36.4 Å². The molecule has 0 bridgehead atoms. The molecule has 0 radical (unpaired) electrons. The summed E-state index contributed by atoms with van der Waals surface area (Å²) >= 11 is 0. The first-order valence-corrected chi connectivity index (χ1v) is 11.8. The normalized spacial score (nSPS) is 14.7. The number of benzene rings is 3. The summed E-state index contributed by atoms with van der Waals surface area (Å²) < 4.78 is 16.3. The Hall–Kier alpha value is -3.80. The minimum absolute atomic E-state index is 0.0214. The number of amides is 1. The largest absolute Gasteiger partial charge is 0.496 e. The SMILES string of the molecule is COc1cc(C(=O)N2Cc3cc(OC(C)=O)ccc3CC2CCc2ccccc2)cc(OC)c1C. The van der Waals surface area contributed by atoms with E-state index in [1.165, 1.54) is 18.1 Å². The zero-order valence-electron chi connectivity index (χ0n) is 20.7. The number of carbonyl (C=O) groups is 2. The van der Waals surface area contributed by atoms with E-state index in [1.807, 2.05) is 48.2 Å². The van der Waals surface area contributed by atoms with Gasteiger partial charge in [-0.15, -0.1) is 0 Å². The van der Waals surface area contributed by atoms with Gasteiger partial charge in [-0.05, 0) is 67.1 Å². The van der Waals surface area contributed by atoms with Crippen molar-refractivity contribution in [3.63, 3.8) is 0 Å². The Morgan fingerprint density at radius 3 is 2.26 bits per heavy atom. The number of rotatable bonds is 7. The number of carbonyl (C=O) groups excluding carboxylic acids is 2. The number of ether oxygens (including phenoxy) is 3. The van der Waals surface area contributed by atoms with Crippen molar-refractivity contribution in [3.8, 4) is 17.2 Å². The van der Waals surface area contributed by atoms with Crippen molar-refractivity contribution in [2.24, 2.45) is 0 Å². The molecule has 6 heteroatoms. The first-order chi connectivity index (χ1) is 16.9. The number of hydrogen-bond donors (Lipinski definition) is 0. The van der Waals surface area contributed by atoms with Gasteiger partial charge in [-0.2, -0.15) is 0 Å². The molecule has 6 nitrogen and oxygen atoms in total. The molecule has 1 atom stereocenters. The topological polar surface area (TPSA) is 65.1 Å². The maximum absolute atomic E-state index is 13.9. The zero-order chi connectivity index (χ0) is 24.9. The second-order valence-corrected chi connectivity index (χ2v) is 8.85. The van der Waals surface area contributed by atoms with Crippen molar-refractivity contribution in [2.75, 3.05) is 14.2 Å². The molecule has 0 aliphatic carbocycles. The van der Waals surface area contributed by atoms with Gasteiger partial charge in [-0.3, -0.25) is 9.59 Å². The fourth-order valence-corrected chi connectivity index (χ4v) is 4.70. The van der Waals surface area contributed by atoms with Crippen LogP contribution in [0.15, 0.2) is 60.7 Å². The van der Waals surface area contributed by atoms with Gasteiger partial charge in [0.15, 0.2) is 0 Å². The number of nitrogens with zero attached hydrogens (tertiary/aromatic N) is 1. The Balaban J connectivity index is 1.67. The van der Waals surface area contributed by atoms with Crippen molar-refractivity contribution in [1.82, 2.24) is 4.90 Å². The number of hydrogen-bond acceptors (Lipinski definition) is 5. The molecule has 1 unspecified atom stereocenters. The average molecular weight is 474 g/mol. The van der Waals surface area contributed by atoms with Gasteiger partial charge in [0.1, 0.15) is 17.2 Å². The molecule has 3 aromatic rings. The minimum atomic E-state index is -0.367. The highest BCUT2D eigenvalue weighted by Crippen LogP contribution is 2.33. The van der Waals surface area contributed by atoms with Gasteiger partial charge in [-0.25, -0.2) is 0 Å². The van der Waals surface area contributed by atoms with Gasteiger partial charge < -0.3 is 19.1 Å². The highest BCUT2D eigenvalue weighted by atomic mass is 16.5. The molecule has 0 saturated heterocycles. The average Bonchev–Trinajstić information content (AvgIpc) is 2.87.